The number of aliphatic imine (C=N–C) groups is 1. The molecule has 430 valence electrons. The highest BCUT2D eigenvalue weighted by Crippen LogP contribution is 2.20. The van der Waals surface area contributed by atoms with Crippen molar-refractivity contribution in [2.75, 3.05) is 52.4 Å². The standard InChI is InChI=1S/C47H78FN17O12/c48-27-10-5-9-26(21-27)22-32(41(71)60-29(12-2-4-17-50)40(70)61-31(46(76)77)14-7-19-57-47(55)56)62-42(72)33-15-8-20-65(33)45(75)30(13-6-18-51)59-36(68)25-58-43(73)37(34(66)23-52)64-44(74)38(35(67)24-53)63-39(69)28(54)11-1-3-16-49/h5,9-10,14,21,28-29,32-35,37-38,66-67H,1-4,6-8,11-13,15-20,22-25,49-54H2,(H,58,73)(H,60,71)(H,61,70)(H,62,72)(H,63,69)(H,64,74)(H,76,77)(H4,55,56,57)/b31-14-,59-30+/t28-,29-,32-,33-,34-,35-,37-,38-/m0/s1. The lowest BCUT2D eigenvalue weighted by atomic mass is 10.0. The van der Waals surface area contributed by atoms with Crippen molar-refractivity contribution in [2.24, 2.45) is 45.1 Å². The van der Waals surface area contributed by atoms with E-state index < -0.39 is 133 Å². The average Bonchev–Trinajstić information content (AvgIpc) is 3.90. The number of rotatable bonds is 35. The van der Waals surface area contributed by atoms with E-state index in [1.165, 1.54) is 18.2 Å². The summed E-state index contributed by atoms with van der Waals surface area (Å²) in [6.45, 7) is -1.33. The Kier molecular flexibility index (Phi) is 30.3. The van der Waals surface area contributed by atoms with Crippen LogP contribution in [0.1, 0.15) is 76.2 Å². The molecule has 1 fully saturated rings. The van der Waals surface area contributed by atoms with Crippen LogP contribution in [0.3, 0.4) is 0 Å². The second-order valence-corrected chi connectivity index (χ2v) is 18.0. The molecule has 1 aromatic rings. The smallest absolute Gasteiger partial charge is 0.352 e. The molecule has 8 atom stereocenters. The van der Waals surface area contributed by atoms with E-state index in [1.54, 1.807) is 0 Å². The highest BCUT2D eigenvalue weighted by Gasteiger charge is 2.39. The molecular formula is C47H78FN17O12. The van der Waals surface area contributed by atoms with Crippen molar-refractivity contribution in [1.29, 1.82) is 5.41 Å². The number of carbonyl (C=O) groups is 9. The Morgan fingerprint density at radius 2 is 1.40 bits per heavy atom. The highest BCUT2D eigenvalue weighted by molar-refractivity contribution is 6.40. The molecule has 77 heavy (non-hydrogen) atoms. The van der Waals surface area contributed by atoms with Crippen LogP contribution in [-0.2, 0) is 49.6 Å². The molecule has 30 heteroatoms. The normalized spacial score (nSPS) is 16.3. The van der Waals surface area contributed by atoms with Crippen LogP contribution in [0.2, 0.25) is 0 Å². The van der Waals surface area contributed by atoms with Crippen LogP contribution in [0, 0.1) is 11.2 Å². The summed E-state index contributed by atoms with van der Waals surface area (Å²) < 4.78 is 14.4. The molecule has 2 rings (SSSR count). The van der Waals surface area contributed by atoms with E-state index in [1.807, 2.05) is 0 Å². The third kappa shape index (κ3) is 23.4. The predicted molar refractivity (Wildman–Crippen MR) is 279 cm³/mol. The van der Waals surface area contributed by atoms with Gasteiger partial charge in [0.25, 0.3) is 11.8 Å². The number of halogens is 1. The summed E-state index contributed by atoms with van der Waals surface area (Å²) in [6.07, 6.45) is -0.274. The lowest BCUT2D eigenvalue weighted by molar-refractivity contribution is -0.137. The van der Waals surface area contributed by atoms with Gasteiger partial charge in [-0.15, -0.1) is 0 Å². The second kappa shape index (κ2) is 35.3. The van der Waals surface area contributed by atoms with Gasteiger partial charge >= 0.3 is 5.97 Å². The lowest BCUT2D eigenvalue weighted by Gasteiger charge is -2.28. The van der Waals surface area contributed by atoms with Gasteiger partial charge in [-0.1, -0.05) is 24.6 Å². The van der Waals surface area contributed by atoms with Crippen LogP contribution >= 0.6 is 0 Å². The topological polar surface area (TPSA) is 520 Å². The Labute approximate surface area is 444 Å². The number of hydrogen-bond acceptors (Lipinski definition) is 18. The van der Waals surface area contributed by atoms with Crippen molar-refractivity contribution in [1.82, 2.24) is 42.1 Å². The molecule has 0 unspecified atom stereocenters. The van der Waals surface area contributed by atoms with Gasteiger partial charge in [0.1, 0.15) is 47.4 Å². The number of hydrogen-bond donors (Lipinski definition) is 18. The third-order valence-electron chi connectivity index (χ3n) is 11.9. The van der Waals surface area contributed by atoms with Crippen LogP contribution < -0.4 is 77.4 Å². The zero-order valence-electron chi connectivity index (χ0n) is 43.0. The summed E-state index contributed by atoms with van der Waals surface area (Å²) in [5, 5.41) is 54.9. The summed E-state index contributed by atoms with van der Waals surface area (Å²) in [5.74, 6) is -10.3. The Morgan fingerprint density at radius 1 is 0.779 bits per heavy atom. The van der Waals surface area contributed by atoms with Crippen LogP contribution in [0.25, 0.3) is 0 Å². The van der Waals surface area contributed by atoms with E-state index in [0.29, 0.717) is 32.2 Å². The molecule has 1 saturated heterocycles. The number of nitrogens with two attached hydrogens (primary N) is 7. The molecule has 25 N–H and O–H groups in total. The summed E-state index contributed by atoms with van der Waals surface area (Å²) in [5.41, 5.74) is 38.6. The predicted octanol–water partition coefficient (Wildman–Crippen LogP) is -6.70. The van der Waals surface area contributed by atoms with Crippen molar-refractivity contribution < 1.29 is 62.9 Å². The Bertz CT molecular complexity index is 2240. The minimum absolute atomic E-state index is 0.0171. The van der Waals surface area contributed by atoms with E-state index in [4.69, 9.17) is 45.5 Å². The molecule has 1 aromatic carbocycles. The summed E-state index contributed by atoms with van der Waals surface area (Å²) in [6, 6.07) is -3.68. The number of benzene rings is 1. The first-order valence-electron chi connectivity index (χ1n) is 25.2. The van der Waals surface area contributed by atoms with Gasteiger partial charge in [0.2, 0.25) is 35.4 Å². The molecule has 29 nitrogen and oxygen atoms in total. The fourth-order valence-electron chi connectivity index (χ4n) is 7.72. The first kappa shape index (κ1) is 66.1. The zero-order valence-corrected chi connectivity index (χ0v) is 43.0. The number of unbranched alkanes of at least 4 members (excludes halogenated alkanes) is 2. The number of aliphatic carboxylic acids is 1. The quantitative estimate of drug-likeness (QED) is 0.0130. The maximum Gasteiger partial charge on any atom is 0.352 e. The number of amides is 8. The molecule has 1 aliphatic rings. The van der Waals surface area contributed by atoms with E-state index in [-0.39, 0.29) is 94.8 Å². The first-order valence-corrected chi connectivity index (χ1v) is 25.2. The van der Waals surface area contributed by atoms with E-state index >= 15 is 0 Å². The minimum atomic E-state index is -1.86. The van der Waals surface area contributed by atoms with Gasteiger partial charge < -0.3 is 97.6 Å². The van der Waals surface area contributed by atoms with Gasteiger partial charge in [-0.25, -0.2) is 14.2 Å². The minimum Gasteiger partial charge on any atom is -0.477 e. The number of carbonyl (C=O) groups excluding carboxylic acids is 8. The average molecular weight is 1090 g/mol. The molecule has 0 bridgehead atoms. The SMILES string of the molecule is N=C(N)NCC/C=C(\NC(=O)[C@H](CCCCN)NC(=O)[C@H](Cc1cccc(F)c1)NC(=O)[C@@H]1CCCN1C(=O)/C(CCCN)=N/C(=O)CNC(=O)[C@@H](NC(=O)[C@@H](NC(=O)[C@@H](N)CCCCN)[C@@H](O)CN)[C@@H](O)CN)C(=O)O. The maximum atomic E-state index is 14.4. The number of likely N-dealkylation sites (tertiary alicyclic amines) is 1. The van der Waals surface area contributed by atoms with Crippen molar-refractivity contribution in [3.63, 3.8) is 0 Å². The maximum absolute atomic E-state index is 14.4. The number of guanidine groups is 1. The number of nitrogens with one attached hydrogen (secondary N) is 8. The molecule has 0 aromatic heterocycles. The molecule has 0 aliphatic carbocycles. The van der Waals surface area contributed by atoms with Gasteiger partial charge in [0.15, 0.2) is 5.96 Å². The largest absolute Gasteiger partial charge is 0.477 e. The lowest BCUT2D eigenvalue weighted by Crippen LogP contribution is -2.63. The van der Waals surface area contributed by atoms with Crippen LogP contribution in [-0.4, -0.2) is 186 Å². The van der Waals surface area contributed by atoms with Gasteiger partial charge in [-0.2, -0.15) is 0 Å². The molecule has 1 aliphatic heterocycles. The first-order chi connectivity index (χ1) is 36.6. The summed E-state index contributed by atoms with van der Waals surface area (Å²) in [7, 11) is 0. The summed E-state index contributed by atoms with van der Waals surface area (Å²) in [4.78, 5) is 126. The van der Waals surface area contributed by atoms with Crippen LogP contribution in [0.5, 0.6) is 0 Å². The van der Waals surface area contributed by atoms with E-state index in [2.05, 4.69) is 42.2 Å². The highest BCUT2D eigenvalue weighted by atomic mass is 19.1. The molecule has 0 spiro atoms. The number of nitrogens with zero attached hydrogens (tertiary/aromatic N) is 2. The van der Waals surface area contributed by atoms with Gasteiger partial charge in [0.05, 0.1) is 24.8 Å². The van der Waals surface area contributed by atoms with Crippen molar-refractivity contribution in [3.05, 3.63) is 47.4 Å². The molecule has 1 heterocycles. The fraction of sp³-hybridized carbons (Fsp3) is 0.596. The van der Waals surface area contributed by atoms with Gasteiger partial charge in [-0.05, 0) is 102 Å². The van der Waals surface area contributed by atoms with Crippen LogP contribution in [0.15, 0.2) is 41.0 Å². The van der Waals surface area contributed by atoms with Crippen molar-refractivity contribution in [3.8, 4) is 0 Å². The van der Waals surface area contributed by atoms with Gasteiger partial charge in [-0.3, -0.25) is 43.8 Å². The third-order valence-corrected chi connectivity index (χ3v) is 11.9. The Balaban J connectivity index is 2.37. The number of carboxylic acids is 1. The monoisotopic (exact) mass is 1090 g/mol. The zero-order chi connectivity index (χ0) is 57.6. The number of aliphatic hydroxyl groups is 2. The van der Waals surface area contributed by atoms with Gasteiger partial charge in [0, 0.05) is 32.6 Å². The molecule has 8 amide bonds. The molecular weight excluding hydrogens is 1010 g/mol. The Hall–Kier alpha value is -7.06. The Morgan fingerprint density at radius 3 is 2.00 bits per heavy atom. The van der Waals surface area contributed by atoms with Crippen molar-refractivity contribution >= 4 is 64.9 Å². The number of aliphatic hydroxyl groups excluding tert-OH is 2. The van der Waals surface area contributed by atoms with Crippen LogP contribution in [0.4, 0.5) is 4.39 Å². The number of carboxylic acid groups (broad SMARTS) is 1. The second-order valence-electron chi connectivity index (χ2n) is 18.0. The van der Waals surface area contributed by atoms with Crippen molar-refractivity contribution in [2.45, 2.75) is 126 Å². The fourth-order valence-corrected chi connectivity index (χ4v) is 7.72. The molecule has 0 saturated carbocycles. The van der Waals surface area contributed by atoms with E-state index in [9.17, 15) is 62.9 Å². The summed E-state index contributed by atoms with van der Waals surface area (Å²) >= 11 is 0. The van der Waals surface area contributed by atoms with E-state index in [0.717, 1.165) is 17.0 Å². The molecule has 0 radical (unpaired) electrons.